The Morgan fingerprint density at radius 1 is 1.14 bits per heavy atom. The number of rotatable bonds is 6. The molecular weight excluding hydrogens is 278 g/mol. The molecule has 2 heterocycles. The Hall–Kier alpha value is -0.980. The highest BCUT2D eigenvalue weighted by Crippen LogP contribution is 2.35. The molecule has 1 aliphatic carbocycles. The zero-order valence-electron chi connectivity index (χ0n) is 13.7. The van der Waals surface area contributed by atoms with Gasteiger partial charge in [-0.2, -0.15) is 0 Å². The molecule has 2 N–H and O–H groups in total. The molecule has 0 aromatic carbocycles. The van der Waals surface area contributed by atoms with Crippen molar-refractivity contribution in [3.8, 4) is 0 Å². The van der Waals surface area contributed by atoms with Gasteiger partial charge in [0.25, 0.3) is 0 Å². The van der Waals surface area contributed by atoms with E-state index in [0.717, 1.165) is 37.6 Å². The highest BCUT2D eigenvalue weighted by molar-refractivity contribution is 5.08. The van der Waals surface area contributed by atoms with Gasteiger partial charge in [0.2, 0.25) is 0 Å². The maximum Gasteiger partial charge on any atom is 0.147 e. The van der Waals surface area contributed by atoms with E-state index in [1.807, 2.05) is 0 Å². The summed E-state index contributed by atoms with van der Waals surface area (Å²) in [7, 11) is 1.75. The summed E-state index contributed by atoms with van der Waals surface area (Å²) in [5.41, 5.74) is 5.94. The molecule has 2 fully saturated rings. The smallest absolute Gasteiger partial charge is 0.147 e. The molecular formula is C16H29N5O. The number of hydrogen-bond acceptors (Lipinski definition) is 5. The van der Waals surface area contributed by atoms with Crippen molar-refractivity contribution in [1.82, 2.24) is 19.7 Å². The molecule has 2 aliphatic rings. The molecule has 1 aromatic heterocycles. The maximum atomic E-state index is 5.94. The van der Waals surface area contributed by atoms with Gasteiger partial charge in [-0.15, -0.1) is 10.2 Å². The van der Waals surface area contributed by atoms with Gasteiger partial charge < -0.3 is 15.0 Å². The van der Waals surface area contributed by atoms with E-state index in [1.165, 1.54) is 38.8 Å². The van der Waals surface area contributed by atoms with Gasteiger partial charge in [-0.1, -0.05) is 12.8 Å². The van der Waals surface area contributed by atoms with Crippen molar-refractivity contribution < 1.29 is 4.74 Å². The standard InChI is InChI=1S/C16H29N5O/c1-22-9-8-21-15(12-20-6-4-2-3-5-7-20)18-19-16(21)13-10-14(17)11-13/h13-14H,2-12,17H2,1H3. The van der Waals surface area contributed by atoms with Gasteiger partial charge >= 0.3 is 0 Å². The number of nitrogens with zero attached hydrogens (tertiary/aromatic N) is 4. The van der Waals surface area contributed by atoms with Crippen LogP contribution in [-0.2, 0) is 17.8 Å². The van der Waals surface area contributed by atoms with Gasteiger partial charge in [-0.05, 0) is 38.8 Å². The van der Waals surface area contributed by atoms with Gasteiger partial charge in [-0.3, -0.25) is 4.90 Å². The van der Waals surface area contributed by atoms with Crippen molar-refractivity contribution in [2.24, 2.45) is 5.73 Å². The maximum absolute atomic E-state index is 5.94. The Labute approximate surface area is 133 Å². The third-order valence-corrected chi connectivity index (χ3v) is 4.98. The van der Waals surface area contributed by atoms with Crippen molar-refractivity contribution in [2.45, 2.75) is 63.6 Å². The van der Waals surface area contributed by atoms with E-state index < -0.39 is 0 Å². The molecule has 3 rings (SSSR count). The van der Waals surface area contributed by atoms with E-state index >= 15 is 0 Å². The molecule has 0 bridgehead atoms. The summed E-state index contributed by atoms with van der Waals surface area (Å²) in [5, 5.41) is 8.99. The predicted octanol–water partition coefficient (Wildman–Crippen LogP) is 1.51. The predicted molar refractivity (Wildman–Crippen MR) is 85.6 cm³/mol. The molecule has 0 atom stereocenters. The molecule has 1 aromatic rings. The second kappa shape index (κ2) is 7.53. The Morgan fingerprint density at radius 3 is 2.50 bits per heavy atom. The minimum absolute atomic E-state index is 0.339. The molecule has 6 heteroatoms. The van der Waals surface area contributed by atoms with Crippen molar-refractivity contribution in [3.63, 3.8) is 0 Å². The van der Waals surface area contributed by atoms with Crippen molar-refractivity contribution in [3.05, 3.63) is 11.6 Å². The molecule has 22 heavy (non-hydrogen) atoms. The second-order valence-corrected chi connectivity index (χ2v) is 6.74. The lowest BCUT2D eigenvalue weighted by atomic mass is 9.80. The summed E-state index contributed by atoms with van der Waals surface area (Å²) in [4.78, 5) is 2.52. The monoisotopic (exact) mass is 307 g/mol. The van der Waals surface area contributed by atoms with Gasteiger partial charge in [0.05, 0.1) is 13.2 Å². The lowest BCUT2D eigenvalue weighted by molar-refractivity contribution is 0.180. The van der Waals surface area contributed by atoms with E-state index in [9.17, 15) is 0 Å². The largest absolute Gasteiger partial charge is 0.383 e. The van der Waals surface area contributed by atoms with E-state index in [1.54, 1.807) is 7.11 Å². The SMILES string of the molecule is COCCn1c(CN2CCCCCC2)nnc1C1CC(N)C1. The minimum atomic E-state index is 0.339. The summed E-state index contributed by atoms with van der Waals surface area (Å²) < 4.78 is 7.56. The number of aromatic nitrogens is 3. The average molecular weight is 307 g/mol. The van der Waals surface area contributed by atoms with E-state index in [0.29, 0.717) is 18.6 Å². The zero-order valence-corrected chi connectivity index (χ0v) is 13.7. The van der Waals surface area contributed by atoms with Crippen LogP contribution in [-0.4, -0.2) is 52.5 Å². The minimum Gasteiger partial charge on any atom is -0.383 e. The number of methoxy groups -OCH3 is 1. The first-order chi connectivity index (χ1) is 10.8. The highest BCUT2D eigenvalue weighted by Gasteiger charge is 2.32. The summed E-state index contributed by atoms with van der Waals surface area (Å²) in [6.07, 6.45) is 7.40. The van der Waals surface area contributed by atoms with Gasteiger partial charge in [-0.25, -0.2) is 0 Å². The Morgan fingerprint density at radius 2 is 1.86 bits per heavy atom. The lowest BCUT2D eigenvalue weighted by Gasteiger charge is -2.32. The average Bonchev–Trinajstić information content (AvgIpc) is 2.69. The normalized spacial score (nSPS) is 26.6. The fraction of sp³-hybridized carbons (Fsp3) is 0.875. The van der Waals surface area contributed by atoms with Crippen LogP contribution in [0.3, 0.4) is 0 Å². The van der Waals surface area contributed by atoms with E-state index in [-0.39, 0.29) is 0 Å². The van der Waals surface area contributed by atoms with Crippen LogP contribution >= 0.6 is 0 Å². The molecule has 6 nitrogen and oxygen atoms in total. The third-order valence-electron chi connectivity index (χ3n) is 4.98. The summed E-state index contributed by atoms with van der Waals surface area (Å²) >= 11 is 0. The zero-order chi connectivity index (χ0) is 15.4. The number of ether oxygens (including phenoxy) is 1. The first-order valence-electron chi connectivity index (χ1n) is 8.66. The van der Waals surface area contributed by atoms with Crippen LogP contribution in [0.5, 0.6) is 0 Å². The Kier molecular flexibility index (Phi) is 5.44. The molecule has 1 saturated heterocycles. The van der Waals surface area contributed by atoms with Gasteiger partial charge in [0.15, 0.2) is 0 Å². The van der Waals surface area contributed by atoms with Crippen LogP contribution in [0.2, 0.25) is 0 Å². The van der Waals surface area contributed by atoms with Crippen LogP contribution in [0.1, 0.15) is 56.1 Å². The third kappa shape index (κ3) is 3.67. The van der Waals surface area contributed by atoms with Crippen LogP contribution in [0.25, 0.3) is 0 Å². The van der Waals surface area contributed by atoms with Gasteiger partial charge in [0.1, 0.15) is 11.6 Å². The molecule has 1 aliphatic heterocycles. The molecule has 0 radical (unpaired) electrons. The lowest BCUT2D eigenvalue weighted by Crippen LogP contribution is -2.36. The summed E-state index contributed by atoms with van der Waals surface area (Å²) in [5.74, 6) is 2.69. The number of hydrogen-bond donors (Lipinski definition) is 1. The van der Waals surface area contributed by atoms with Gasteiger partial charge in [0, 0.05) is 25.6 Å². The summed E-state index contributed by atoms with van der Waals surface area (Å²) in [6, 6.07) is 0.339. The van der Waals surface area contributed by atoms with Crippen molar-refractivity contribution in [2.75, 3.05) is 26.8 Å². The number of nitrogens with two attached hydrogens (primary N) is 1. The molecule has 124 valence electrons. The van der Waals surface area contributed by atoms with Crippen LogP contribution in [0.15, 0.2) is 0 Å². The first-order valence-corrected chi connectivity index (χ1v) is 8.66. The van der Waals surface area contributed by atoms with E-state index in [2.05, 4.69) is 19.7 Å². The fourth-order valence-corrected chi connectivity index (χ4v) is 3.56. The molecule has 0 spiro atoms. The fourth-order valence-electron chi connectivity index (χ4n) is 3.56. The Bertz CT molecular complexity index is 461. The van der Waals surface area contributed by atoms with Crippen LogP contribution < -0.4 is 5.73 Å². The second-order valence-electron chi connectivity index (χ2n) is 6.74. The summed E-state index contributed by atoms with van der Waals surface area (Å²) in [6.45, 7) is 4.82. The molecule has 0 unspecified atom stereocenters. The first kappa shape index (κ1) is 15.9. The van der Waals surface area contributed by atoms with Crippen LogP contribution in [0.4, 0.5) is 0 Å². The topological polar surface area (TPSA) is 69.2 Å². The van der Waals surface area contributed by atoms with E-state index in [4.69, 9.17) is 10.5 Å². The highest BCUT2D eigenvalue weighted by atomic mass is 16.5. The van der Waals surface area contributed by atoms with Crippen molar-refractivity contribution in [1.29, 1.82) is 0 Å². The molecule has 1 saturated carbocycles. The quantitative estimate of drug-likeness (QED) is 0.862. The Balaban J connectivity index is 1.71. The number of likely N-dealkylation sites (tertiary alicyclic amines) is 1. The molecule has 0 amide bonds. The van der Waals surface area contributed by atoms with Crippen molar-refractivity contribution >= 4 is 0 Å². The van der Waals surface area contributed by atoms with Crippen LogP contribution in [0, 0.1) is 0 Å².